The van der Waals surface area contributed by atoms with Crippen molar-refractivity contribution < 1.29 is 9.84 Å². The molecule has 0 aliphatic heterocycles. The van der Waals surface area contributed by atoms with Gasteiger partial charge in [0.2, 0.25) is 0 Å². The Hall–Kier alpha value is -0.860. The van der Waals surface area contributed by atoms with Gasteiger partial charge in [-0.05, 0) is 23.0 Å². The van der Waals surface area contributed by atoms with Crippen LogP contribution in [-0.2, 0) is 16.8 Å². The predicted octanol–water partition coefficient (Wildman–Crippen LogP) is 2.49. The molecule has 0 bridgehead atoms. The van der Waals surface area contributed by atoms with Crippen molar-refractivity contribution in [1.29, 1.82) is 0 Å². The second kappa shape index (κ2) is 3.86. The van der Waals surface area contributed by atoms with Crippen molar-refractivity contribution in [3.05, 3.63) is 35.4 Å². The topological polar surface area (TPSA) is 29.5 Å². The number of methoxy groups -OCH3 is 1. The standard InChI is InChI=1S/C14H20O2/c1-13(2)9-14(13,10-15)12-6-4-5-11(7-12)8-16-3/h4-7,15H,8-10H2,1-3H3. The Morgan fingerprint density at radius 2 is 2.06 bits per heavy atom. The Balaban J connectivity index is 2.30. The lowest BCUT2D eigenvalue weighted by Crippen LogP contribution is -2.19. The van der Waals surface area contributed by atoms with E-state index in [1.807, 2.05) is 0 Å². The van der Waals surface area contributed by atoms with Gasteiger partial charge in [0.1, 0.15) is 0 Å². The molecular weight excluding hydrogens is 200 g/mol. The third-order valence-electron chi connectivity index (χ3n) is 3.97. The number of hydrogen-bond donors (Lipinski definition) is 1. The monoisotopic (exact) mass is 220 g/mol. The van der Waals surface area contributed by atoms with Crippen molar-refractivity contribution in [2.45, 2.75) is 32.3 Å². The summed E-state index contributed by atoms with van der Waals surface area (Å²) in [6.07, 6.45) is 1.06. The first-order valence-electron chi connectivity index (χ1n) is 5.75. The molecule has 1 fully saturated rings. The van der Waals surface area contributed by atoms with Gasteiger partial charge in [-0.1, -0.05) is 38.1 Å². The lowest BCUT2D eigenvalue weighted by atomic mass is 9.88. The summed E-state index contributed by atoms with van der Waals surface area (Å²) in [6.45, 7) is 5.30. The van der Waals surface area contributed by atoms with Crippen LogP contribution in [0.25, 0.3) is 0 Å². The molecule has 0 saturated heterocycles. The molecule has 0 amide bonds. The SMILES string of the molecule is COCc1cccc(C2(CO)CC2(C)C)c1. The molecule has 1 unspecified atom stereocenters. The van der Waals surface area contributed by atoms with Crippen LogP contribution in [0.1, 0.15) is 31.4 Å². The summed E-state index contributed by atoms with van der Waals surface area (Å²) >= 11 is 0. The first kappa shape index (κ1) is 11.6. The van der Waals surface area contributed by atoms with Gasteiger partial charge in [-0.2, -0.15) is 0 Å². The summed E-state index contributed by atoms with van der Waals surface area (Å²) in [7, 11) is 1.70. The fourth-order valence-electron chi connectivity index (χ4n) is 2.69. The number of benzene rings is 1. The average molecular weight is 220 g/mol. The maximum Gasteiger partial charge on any atom is 0.0713 e. The largest absolute Gasteiger partial charge is 0.395 e. The molecule has 2 nitrogen and oxygen atoms in total. The van der Waals surface area contributed by atoms with Crippen molar-refractivity contribution in [2.75, 3.05) is 13.7 Å². The highest BCUT2D eigenvalue weighted by molar-refractivity contribution is 5.39. The van der Waals surface area contributed by atoms with Crippen LogP contribution in [0, 0.1) is 5.41 Å². The maximum absolute atomic E-state index is 9.64. The van der Waals surface area contributed by atoms with Gasteiger partial charge >= 0.3 is 0 Å². The van der Waals surface area contributed by atoms with Crippen LogP contribution in [0.3, 0.4) is 0 Å². The summed E-state index contributed by atoms with van der Waals surface area (Å²) in [6, 6.07) is 8.39. The fraction of sp³-hybridized carbons (Fsp3) is 0.571. The molecule has 2 rings (SSSR count). The van der Waals surface area contributed by atoms with Gasteiger partial charge in [0.05, 0.1) is 13.2 Å². The Morgan fingerprint density at radius 1 is 1.38 bits per heavy atom. The Labute approximate surface area is 97.3 Å². The molecule has 2 heteroatoms. The van der Waals surface area contributed by atoms with Gasteiger partial charge in [-0.25, -0.2) is 0 Å². The van der Waals surface area contributed by atoms with Crippen LogP contribution in [0.4, 0.5) is 0 Å². The predicted molar refractivity (Wildman–Crippen MR) is 64.3 cm³/mol. The van der Waals surface area contributed by atoms with Crippen LogP contribution in [0.15, 0.2) is 24.3 Å². The van der Waals surface area contributed by atoms with Crippen LogP contribution >= 0.6 is 0 Å². The average Bonchev–Trinajstić information content (AvgIpc) is 2.83. The van der Waals surface area contributed by atoms with Gasteiger partial charge in [0, 0.05) is 12.5 Å². The van der Waals surface area contributed by atoms with E-state index in [0.29, 0.717) is 6.61 Å². The molecule has 1 atom stereocenters. The molecule has 88 valence electrons. The van der Waals surface area contributed by atoms with Gasteiger partial charge in [-0.3, -0.25) is 0 Å². The first-order valence-corrected chi connectivity index (χ1v) is 5.75. The molecule has 16 heavy (non-hydrogen) atoms. The number of hydrogen-bond acceptors (Lipinski definition) is 2. The van der Waals surface area contributed by atoms with Crippen molar-refractivity contribution >= 4 is 0 Å². The fourth-order valence-corrected chi connectivity index (χ4v) is 2.69. The number of ether oxygens (including phenoxy) is 1. The Morgan fingerprint density at radius 3 is 2.56 bits per heavy atom. The zero-order valence-corrected chi connectivity index (χ0v) is 10.3. The zero-order chi connectivity index (χ0) is 11.8. The highest BCUT2D eigenvalue weighted by atomic mass is 16.5. The first-order chi connectivity index (χ1) is 7.55. The van der Waals surface area contributed by atoms with E-state index in [0.717, 1.165) is 6.42 Å². The van der Waals surface area contributed by atoms with E-state index in [9.17, 15) is 5.11 Å². The molecule has 1 N–H and O–H groups in total. The summed E-state index contributed by atoms with van der Waals surface area (Å²) in [5, 5.41) is 9.64. The second-order valence-corrected chi connectivity index (χ2v) is 5.43. The number of aliphatic hydroxyl groups excluding tert-OH is 1. The molecule has 0 heterocycles. The van der Waals surface area contributed by atoms with E-state index in [1.54, 1.807) is 7.11 Å². The van der Waals surface area contributed by atoms with Crippen molar-refractivity contribution in [3.63, 3.8) is 0 Å². The molecule has 1 aromatic carbocycles. The summed E-state index contributed by atoms with van der Waals surface area (Å²) < 4.78 is 5.14. The van der Waals surface area contributed by atoms with Gasteiger partial charge in [0.15, 0.2) is 0 Å². The minimum absolute atomic E-state index is 0.0310. The minimum Gasteiger partial charge on any atom is -0.395 e. The second-order valence-electron chi connectivity index (χ2n) is 5.43. The number of aliphatic hydroxyl groups is 1. The molecule has 1 aliphatic rings. The molecule has 0 radical (unpaired) electrons. The van der Waals surface area contributed by atoms with Crippen molar-refractivity contribution in [2.24, 2.45) is 5.41 Å². The van der Waals surface area contributed by atoms with Gasteiger partial charge in [-0.15, -0.1) is 0 Å². The molecule has 1 aromatic rings. The third-order valence-corrected chi connectivity index (χ3v) is 3.97. The number of rotatable bonds is 4. The highest BCUT2D eigenvalue weighted by Crippen LogP contribution is 2.63. The van der Waals surface area contributed by atoms with E-state index >= 15 is 0 Å². The lowest BCUT2D eigenvalue weighted by Gasteiger charge is -2.19. The molecule has 1 aliphatic carbocycles. The normalized spacial score (nSPS) is 26.8. The highest BCUT2D eigenvalue weighted by Gasteiger charge is 2.61. The third kappa shape index (κ3) is 1.66. The van der Waals surface area contributed by atoms with Crippen molar-refractivity contribution in [3.8, 4) is 0 Å². The van der Waals surface area contributed by atoms with E-state index < -0.39 is 0 Å². The summed E-state index contributed by atoms with van der Waals surface area (Å²) in [5.74, 6) is 0. The quantitative estimate of drug-likeness (QED) is 0.844. The van der Waals surface area contributed by atoms with E-state index in [-0.39, 0.29) is 17.4 Å². The van der Waals surface area contributed by atoms with Crippen molar-refractivity contribution in [1.82, 2.24) is 0 Å². The summed E-state index contributed by atoms with van der Waals surface area (Å²) in [4.78, 5) is 0. The van der Waals surface area contributed by atoms with E-state index in [1.165, 1.54) is 11.1 Å². The zero-order valence-electron chi connectivity index (χ0n) is 10.3. The van der Waals surface area contributed by atoms with E-state index in [2.05, 4.69) is 38.1 Å². The molecule has 0 aromatic heterocycles. The van der Waals surface area contributed by atoms with Crippen LogP contribution < -0.4 is 0 Å². The Kier molecular flexibility index (Phi) is 2.81. The maximum atomic E-state index is 9.64. The van der Waals surface area contributed by atoms with Crippen LogP contribution in [-0.4, -0.2) is 18.8 Å². The minimum atomic E-state index is -0.0310. The molecule has 1 saturated carbocycles. The van der Waals surface area contributed by atoms with Crippen LogP contribution in [0.5, 0.6) is 0 Å². The molecule has 0 spiro atoms. The van der Waals surface area contributed by atoms with Gasteiger partial charge in [0.25, 0.3) is 0 Å². The van der Waals surface area contributed by atoms with E-state index in [4.69, 9.17) is 4.74 Å². The smallest absolute Gasteiger partial charge is 0.0713 e. The van der Waals surface area contributed by atoms with Crippen LogP contribution in [0.2, 0.25) is 0 Å². The molecular formula is C14H20O2. The summed E-state index contributed by atoms with van der Waals surface area (Å²) in [5.41, 5.74) is 2.61. The Bertz CT molecular complexity index is 384. The van der Waals surface area contributed by atoms with Gasteiger partial charge < -0.3 is 9.84 Å². The lowest BCUT2D eigenvalue weighted by molar-refractivity contribution is 0.184.